The van der Waals surface area contributed by atoms with E-state index in [0.717, 1.165) is 0 Å². The zero-order chi connectivity index (χ0) is 16.2. The van der Waals surface area contributed by atoms with E-state index in [1.165, 1.54) is 0 Å². The monoisotopic (exact) mass is 307 g/mol. The second-order valence-corrected chi connectivity index (χ2v) is 4.97. The highest BCUT2D eigenvalue weighted by atomic mass is 16.7. The Bertz CT molecular complexity index is 385. The van der Waals surface area contributed by atoms with Crippen LogP contribution in [0.3, 0.4) is 0 Å². The SMILES string of the molecule is C=C(N)C(=O)OC1(CC(O)CO)C[C@@H](O)[C@H](O)[C@@H](CO)O1. The Kier molecular flexibility index (Phi) is 6.08. The number of carbonyl (C=O) groups excluding carboxylic acids is 1. The van der Waals surface area contributed by atoms with E-state index in [4.69, 9.17) is 25.4 Å². The highest BCUT2D eigenvalue weighted by Gasteiger charge is 2.49. The molecule has 0 amide bonds. The number of esters is 1. The van der Waals surface area contributed by atoms with Crippen molar-refractivity contribution in [3.8, 4) is 0 Å². The molecule has 5 atom stereocenters. The molecule has 1 heterocycles. The number of aliphatic hydroxyl groups excluding tert-OH is 5. The van der Waals surface area contributed by atoms with Crippen LogP contribution in [-0.2, 0) is 14.3 Å². The summed E-state index contributed by atoms with van der Waals surface area (Å²) in [5.74, 6) is -2.87. The number of hydrogen-bond donors (Lipinski definition) is 6. The molecule has 1 saturated heterocycles. The average molecular weight is 307 g/mol. The summed E-state index contributed by atoms with van der Waals surface area (Å²) in [4.78, 5) is 11.6. The molecule has 21 heavy (non-hydrogen) atoms. The lowest BCUT2D eigenvalue weighted by Crippen LogP contribution is -2.58. The van der Waals surface area contributed by atoms with Gasteiger partial charge in [-0.2, -0.15) is 0 Å². The number of ether oxygens (including phenoxy) is 2. The van der Waals surface area contributed by atoms with Crippen LogP contribution in [0.1, 0.15) is 12.8 Å². The van der Waals surface area contributed by atoms with Gasteiger partial charge in [-0.1, -0.05) is 6.58 Å². The highest BCUT2D eigenvalue weighted by molar-refractivity contribution is 5.86. The van der Waals surface area contributed by atoms with Crippen molar-refractivity contribution < 1.29 is 39.8 Å². The smallest absolute Gasteiger partial charge is 0.356 e. The molecule has 0 bridgehead atoms. The second-order valence-electron chi connectivity index (χ2n) is 4.97. The Morgan fingerprint density at radius 2 is 2.10 bits per heavy atom. The van der Waals surface area contributed by atoms with Gasteiger partial charge < -0.3 is 40.7 Å². The van der Waals surface area contributed by atoms with Crippen molar-refractivity contribution in [3.63, 3.8) is 0 Å². The summed E-state index contributed by atoms with van der Waals surface area (Å²) in [6.45, 7) is 1.93. The van der Waals surface area contributed by atoms with Crippen LogP contribution in [0, 0.1) is 0 Å². The van der Waals surface area contributed by atoms with Crippen LogP contribution >= 0.6 is 0 Å². The lowest BCUT2D eigenvalue weighted by atomic mass is 9.92. The summed E-state index contributed by atoms with van der Waals surface area (Å²) in [5, 5.41) is 47.1. The normalized spacial score (nSPS) is 34.2. The summed E-state index contributed by atoms with van der Waals surface area (Å²) in [6.07, 6.45) is -6.00. The Balaban J connectivity index is 3.00. The third-order valence-electron chi connectivity index (χ3n) is 3.14. The fraction of sp³-hybridized carbons (Fsp3) is 0.750. The Morgan fingerprint density at radius 3 is 2.57 bits per heavy atom. The third-order valence-corrected chi connectivity index (χ3v) is 3.14. The van der Waals surface area contributed by atoms with Crippen molar-refractivity contribution >= 4 is 5.97 Å². The molecule has 1 rings (SSSR count). The molecule has 9 heteroatoms. The number of nitrogens with two attached hydrogens (primary N) is 1. The lowest BCUT2D eigenvalue weighted by Gasteiger charge is -2.44. The first-order valence-electron chi connectivity index (χ1n) is 6.36. The number of aliphatic hydroxyl groups is 5. The molecule has 7 N–H and O–H groups in total. The minimum Gasteiger partial charge on any atom is -0.428 e. The van der Waals surface area contributed by atoms with Crippen LogP contribution in [0.25, 0.3) is 0 Å². The summed E-state index contributed by atoms with van der Waals surface area (Å²) in [7, 11) is 0. The fourth-order valence-electron chi connectivity index (χ4n) is 2.12. The molecular formula is C12H21NO8. The predicted octanol–water partition coefficient (Wildman–Crippen LogP) is -3.06. The van der Waals surface area contributed by atoms with E-state index in [0.29, 0.717) is 0 Å². The number of carbonyl (C=O) groups is 1. The first-order chi connectivity index (χ1) is 9.74. The summed E-state index contributed by atoms with van der Waals surface area (Å²) in [5.41, 5.74) is 4.79. The van der Waals surface area contributed by atoms with Gasteiger partial charge in [-0.3, -0.25) is 0 Å². The zero-order valence-electron chi connectivity index (χ0n) is 11.4. The summed E-state index contributed by atoms with van der Waals surface area (Å²) >= 11 is 0. The van der Waals surface area contributed by atoms with Crippen molar-refractivity contribution in [2.75, 3.05) is 13.2 Å². The van der Waals surface area contributed by atoms with Crippen LogP contribution < -0.4 is 5.73 Å². The molecule has 0 aromatic carbocycles. The maximum Gasteiger partial charge on any atom is 0.356 e. The number of hydrogen-bond acceptors (Lipinski definition) is 9. The van der Waals surface area contributed by atoms with Crippen molar-refractivity contribution in [1.82, 2.24) is 0 Å². The minimum atomic E-state index is -1.84. The average Bonchev–Trinajstić information content (AvgIpc) is 2.42. The van der Waals surface area contributed by atoms with Gasteiger partial charge in [-0.15, -0.1) is 0 Å². The first-order valence-corrected chi connectivity index (χ1v) is 6.36. The maximum atomic E-state index is 11.6. The Labute approximate surface area is 121 Å². The van der Waals surface area contributed by atoms with Gasteiger partial charge in [0.2, 0.25) is 5.79 Å². The predicted molar refractivity (Wildman–Crippen MR) is 68.4 cm³/mol. The molecule has 0 aromatic rings. The standard InChI is InChI=1S/C12H21NO8/c1-6(13)11(19)21-12(2-7(16)4-14)3-8(17)10(18)9(5-15)20-12/h7-10,14-18H,1-5,13H2/t7?,8-,9-,10+,12?/m1/s1. The largest absolute Gasteiger partial charge is 0.428 e. The molecule has 0 aliphatic carbocycles. The van der Waals surface area contributed by atoms with Gasteiger partial charge in [-0.25, -0.2) is 4.79 Å². The van der Waals surface area contributed by atoms with Crippen LogP contribution in [0.5, 0.6) is 0 Å². The quantitative estimate of drug-likeness (QED) is 0.221. The van der Waals surface area contributed by atoms with Gasteiger partial charge in [0, 0.05) is 12.8 Å². The van der Waals surface area contributed by atoms with Gasteiger partial charge in [0.15, 0.2) is 0 Å². The topological polar surface area (TPSA) is 163 Å². The Morgan fingerprint density at radius 1 is 1.48 bits per heavy atom. The lowest BCUT2D eigenvalue weighted by molar-refractivity contribution is -0.317. The fourth-order valence-corrected chi connectivity index (χ4v) is 2.12. The highest BCUT2D eigenvalue weighted by Crippen LogP contribution is 2.35. The molecule has 9 nitrogen and oxygen atoms in total. The molecule has 2 unspecified atom stereocenters. The van der Waals surface area contributed by atoms with Crippen LogP contribution in [0.4, 0.5) is 0 Å². The van der Waals surface area contributed by atoms with E-state index in [2.05, 4.69) is 6.58 Å². The second kappa shape index (κ2) is 7.16. The van der Waals surface area contributed by atoms with Crippen molar-refractivity contribution in [2.24, 2.45) is 5.73 Å². The summed E-state index contributed by atoms with van der Waals surface area (Å²) in [6, 6.07) is 0. The van der Waals surface area contributed by atoms with Gasteiger partial charge in [0.05, 0.1) is 25.4 Å². The van der Waals surface area contributed by atoms with E-state index in [9.17, 15) is 20.1 Å². The van der Waals surface area contributed by atoms with E-state index < -0.39 is 55.1 Å². The van der Waals surface area contributed by atoms with E-state index in [1.807, 2.05) is 0 Å². The molecule has 1 fully saturated rings. The van der Waals surface area contributed by atoms with Gasteiger partial charge in [-0.05, 0) is 0 Å². The molecular weight excluding hydrogens is 286 g/mol. The van der Waals surface area contributed by atoms with Gasteiger partial charge in [0.25, 0.3) is 0 Å². The maximum absolute atomic E-state index is 11.6. The van der Waals surface area contributed by atoms with Gasteiger partial charge in [0.1, 0.15) is 17.9 Å². The minimum absolute atomic E-state index is 0.360. The number of rotatable bonds is 6. The molecule has 0 aromatic heterocycles. The molecule has 0 spiro atoms. The van der Waals surface area contributed by atoms with E-state index in [-0.39, 0.29) is 12.8 Å². The third kappa shape index (κ3) is 4.37. The molecule has 0 radical (unpaired) electrons. The zero-order valence-corrected chi connectivity index (χ0v) is 11.4. The van der Waals surface area contributed by atoms with Crippen molar-refractivity contribution in [1.29, 1.82) is 0 Å². The molecule has 122 valence electrons. The van der Waals surface area contributed by atoms with Crippen molar-refractivity contribution in [2.45, 2.75) is 43.0 Å². The summed E-state index contributed by atoms with van der Waals surface area (Å²) < 4.78 is 10.4. The molecule has 0 saturated carbocycles. The first kappa shape index (κ1) is 17.8. The van der Waals surface area contributed by atoms with Crippen LogP contribution in [0.2, 0.25) is 0 Å². The van der Waals surface area contributed by atoms with Crippen molar-refractivity contribution in [3.05, 3.63) is 12.3 Å². The van der Waals surface area contributed by atoms with E-state index in [1.54, 1.807) is 0 Å². The van der Waals surface area contributed by atoms with Crippen LogP contribution in [0.15, 0.2) is 12.3 Å². The molecule has 1 aliphatic heterocycles. The van der Waals surface area contributed by atoms with Gasteiger partial charge >= 0.3 is 5.97 Å². The van der Waals surface area contributed by atoms with E-state index >= 15 is 0 Å². The Hall–Kier alpha value is -1.23. The molecule has 1 aliphatic rings. The van der Waals surface area contributed by atoms with Crippen LogP contribution in [-0.4, -0.2) is 74.9 Å².